The molecule has 1 heterocycles. The number of nitrogens with zero attached hydrogens (tertiary/aromatic N) is 1. The van der Waals surface area contributed by atoms with Crippen molar-refractivity contribution in [1.82, 2.24) is 15.3 Å². The van der Waals surface area contributed by atoms with Crippen molar-refractivity contribution >= 4 is 23.1 Å². The summed E-state index contributed by atoms with van der Waals surface area (Å²) in [7, 11) is 0. The molecular weight excluding hydrogens is 256 g/mol. The number of carbonyl (C=O) groups is 1. The molecule has 3 N–H and O–H groups in total. The van der Waals surface area contributed by atoms with Crippen LogP contribution in [0.2, 0.25) is 0 Å². The summed E-state index contributed by atoms with van der Waals surface area (Å²) in [5, 5.41) is 5.80. The zero-order valence-corrected chi connectivity index (χ0v) is 11.6. The van der Waals surface area contributed by atoms with Gasteiger partial charge < -0.3 is 20.4 Å². The molecule has 0 aliphatic heterocycles. The standard InChI is InChI=1S/C14H20N4O2/c1-2-3-10-20-14(19)16-9-8-15-13-17-11-6-4-5-7-12(11)18-13/h4-7H,2-3,8-10H2,1H3,(H,16,19)(H2,15,17,18). The molecule has 20 heavy (non-hydrogen) atoms. The number of aromatic nitrogens is 2. The molecule has 1 aromatic heterocycles. The summed E-state index contributed by atoms with van der Waals surface area (Å²) in [6.07, 6.45) is 1.54. The van der Waals surface area contributed by atoms with Gasteiger partial charge in [0.1, 0.15) is 0 Å². The fourth-order valence-corrected chi connectivity index (χ4v) is 1.74. The highest BCUT2D eigenvalue weighted by atomic mass is 16.5. The third-order valence-electron chi connectivity index (χ3n) is 2.81. The van der Waals surface area contributed by atoms with Gasteiger partial charge in [-0.15, -0.1) is 0 Å². The normalized spacial score (nSPS) is 10.4. The molecule has 1 aromatic carbocycles. The average Bonchev–Trinajstić information content (AvgIpc) is 2.86. The molecule has 0 fully saturated rings. The number of fused-ring (bicyclic) bond motifs is 1. The monoisotopic (exact) mass is 276 g/mol. The predicted molar refractivity (Wildman–Crippen MR) is 78.8 cm³/mol. The van der Waals surface area contributed by atoms with Gasteiger partial charge in [-0.3, -0.25) is 0 Å². The van der Waals surface area contributed by atoms with Crippen LogP contribution in [0.1, 0.15) is 19.8 Å². The first kappa shape index (κ1) is 14.2. The summed E-state index contributed by atoms with van der Waals surface area (Å²) in [5.41, 5.74) is 1.91. The molecule has 0 unspecified atom stereocenters. The van der Waals surface area contributed by atoms with Gasteiger partial charge in [0.05, 0.1) is 17.6 Å². The number of hydrogen-bond donors (Lipinski definition) is 3. The van der Waals surface area contributed by atoms with E-state index in [-0.39, 0.29) is 6.09 Å². The van der Waals surface area contributed by atoms with E-state index in [4.69, 9.17) is 4.74 Å². The van der Waals surface area contributed by atoms with Gasteiger partial charge in [-0.05, 0) is 18.6 Å². The molecule has 0 aliphatic carbocycles. The minimum atomic E-state index is -0.371. The van der Waals surface area contributed by atoms with Crippen LogP contribution in [0, 0.1) is 0 Å². The molecule has 2 rings (SSSR count). The van der Waals surface area contributed by atoms with Crippen molar-refractivity contribution in [3.05, 3.63) is 24.3 Å². The van der Waals surface area contributed by atoms with E-state index in [0.29, 0.717) is 25.6 Å². The maximum Gasteiger partial charge on any atom is 0.407 e. The predicted octanol–water partition coefficient (Wildman–Crippen LogP) is 2.50. The van der Waals surface area contributed by atoms with Gasteiger partial charge in [-0.1, -0.05) is 25.5 Å². The highest BCUT2D eigenvalue weighted by Crippen LogP contribution is 2.12. The fourth-order valence-electron chi connectivity index (χ4n) is 1.74. The Labute approximate surface area is 117 Å². The van der Waals surface area contributed by atoms with E-state index in [1.165, 1.54) is 0 Å². The third kappa shape index (κ3) is 4.15. The van der Waals surface area contributed by atoms with E-state index in [0.717, 1.165) is 23.9 Å². The first-order valence-electron chi connectivity index (χ1n) is 6.89. The number of nitrogens with one attached hydrogen (secondary N) is 3. The molecule has 0 spiro atoms. The molecule has 108 valence electrons. The number of alkyl carbamates (subject to hydrolysis) is 1. The molecule has 0 saturated heterocycles. The highest BCUT2D eigenvalue weighted by Gasteiger charge is 2.02. The Bertz CT molecular complexity index is 520. The van der Waals surface area contributed by atoms with Crippen molar-refractivity contribution in [3.8, 4) is 0 Å². The second kappa shape index (κ2) is 7.37. The van der Waals surface area contributed by atoms with Crippen LogP contribution in [0.4, 0.5) is 10.7 Å². The summed E-state index contributed by atoms with van der Waals surface area (Å²) < 4.78 is 4.98. The topological polar surface area (TPSA) is 79.0 Å². The Morgan fingerprint density at radius 2 is 2.20 bits per heavy atom. The van der Waals surface area contributed by atoms with E-state index in [1.807, 2.05) is 24.3 Å². The quantitative estimate of drug-likeness (QED) is 0.679. The number of carbonyl (C=O) groups excluding carboxylic acids is 1. The lowest BCUT2D eigenvalue weighted by Gasteiger charge is -2.06. The van der Waals surface area contributed by atoms with Crippen LogP contribution in [0.3, 0.4) is 0 Å². The number of amides is 1. The third-order valence-corrected chi connectivity index (χ3v) is 2.81. The summed E-state index contributed by atoms with van der Waals surface area (Å²) in [6.45, 7) is 3.60. The zero-order valence-electron chi connectivity index (χ0n) is 11.6. The van der Waals surface area contributed by atoms with Crippen molar-refractivity contribution in [3.63, 3.8) is 0 Å². The van der Waals surface area contributed by atoms with Gasteiger partial charge in [0.25, 0.3) is 0 Å². The molecule has 0 aliphatic rings. The van der Waals surface area contributed by atoms with Gasteiger partial charge in [-0.2, -0.15) is 0 Å². The minimum Gasteiger partial charge on any atom is -0.450 e. The lowest BCUT2D eigenvalue weighted by molar-refractivity contribution is 0.145. The van der Waals surface area contributed by atoms with Crippen molar-refractivity contribution in [1.29, 1.82) is 0 Å². The van der Waals surface area contributed by atoms with Crippen LogP contribution in [0.5, 0.6) is 0 Å². The SMILES string of the molecule is CCCCOC(=O)NCCNc1nc2ccccc2[nH]1. The summed E-state index contributed by atoms with van der Waals surface area (Å²) in [5.74, 6) is 0.701. The van der Waals surface area contributed by atoms with E-state index >= 15 is 0 Å². The first-order chi connectivity index (χ1) is 9.79. The molecular formula is C14H20N4O2. The molecule has 6 nitrogen and oxygen atoms in total. The first-order valence-corrected chi connectivity index (χ1v) is 6.89. The van der Waals surface area contributed by atoms with Crippen molar-refractivity contribution in [2.75, 3.05) is 25.0 Å². The van der Waals surface area contributed by atoms with Crippen LogP contribution in [0.25, 0.3) is 11.0 Å². The van der Waals surface area contributed by atoms with Gasteiger partial charge >= 0.3 is 6.09 Å². The summed E-state index contributed by atoms with van der Waals surface area (Å²) >= 11 is 0. The minimum absolute atomic E-state index is 0.371. The van der Waals surface area contributed by atoms with Crippen LogP contribution >= 0.6 is 0 Å². The van der Waals surface area contributed by atoms with E-state index in [9.17, 15) is 4.79 Å². The Kier molecular flexibility index (Phi) is 5.23. The molecule has 6 heteroatoms. The number of imidazole rings is 1. The van der Waals surface area contributed by atoms with Gasteiger partial charge in [0, 0.05) is 13.1 Å². The average molecular weight is 276 g/mol. The van der Waals surface area contributed by atoms with Gasteiger partial charge in [-0.25, -0.2) is 9.78 Å². The molecule has 0 radical (unpaired) electrons. The van der Waals surface area contributed by atoms with E-state index < -0.39 is 0 Å². The summed E-state index contributed by atoms with van der Waals surface area (Å²) in [4.78, 5) is 18.8. The van der Waals surface area contributed by atoms with Crippen molar-refractivity contribution < 1.29 is 9.53 Å². The number of ether oxygens (including phenoxy) is 1. The van der Waals surface area contributed by atoms with Crippen LogP contribution in [-0.2, 0) is 4.74 Å². The zero-order chi connectivity index (χ0) is 14.2. The molecule has 1 amide bonds. The lowest BCUT2D eigenvalue weighted by atomic mass is 10.3. The number of aromatic amines is 1. The van der Waals surface area contributed by atoms with Gasteiger partial charge in [0.2, 0.25) is 5.95 Å². The van der Waals surface area contributed by atoms with Crippen LogP contribution in [-0.4, -0.2) is 35.8 Å². The highest BCUT2D eigenvalue weighted by molar-refractivity contribution is 5.77. The van der Waals surface area contributed by atoms with E-state index in [2.05, 4.69) is 27.5 Å². The fraction of sp³-hybridized carbons (Fsp3) is 0.429. The number of para-hydroxylation sites is 2. The Balaban J connectivity index is 1.67. The number of benzene rings is 1. The molecule has 0 bridgehead atoms. The Morgan fingerprint density at radius 1 is 1.35 bits per heavy atom. The maximum atomic E-state index is 11.3. The second-order valence-corrected chi connectivity index (χ2v) is 4.45. The smallest absolute Gasteiger partial charge is 0.407 e. The van der Waals surface area contributed by atoms with Crippen molar-refractivity contribution in [2.24, 2.45) is 0 Å². The summed E-state index contributed by atoms with van der Waals surface area (Å²) in [6, 6.07) is 7.82. The Hall–Kier alpha value is -2.24. The van der Waals surface area contributed by atoms with Crippen molar-refractivity contribution in [2.45, 2.75) is 19.8 Å². The molecule has 0 saturated carbocycles. The van der Waals surface area contributed by atoms with Crippen LogP contribution in [0.15, 0.2) is 24.3 Å². The number of hydrogen-bond acceptors (Lipinski definition) is 4. The second-order valence-electron chi connectivity index (χ2n) is 4.45. The Morgan fingerprint density at radius 3 is 3.00 bits per heavy atom. The maximum absolute atomic E-state index is 11.3. The molecule has 2 aromatic rings. The van der Waals surface area contributed by atoms with Gasteiger partial charge in [0.15, 0.2) is 0 Å². The number of H-pyrrole nitrogens is 1. The largest absolute Gasteiger partial charge is 0.450 e. The van der Waals surface area contributed by atoms with E-state index in [1.54, 1.807) is 0 Å². The number of anilines is 1. The lowest BCUT2D eigenvalue weighted by Crippen LogP contribution is -2.29. The number of unbranched alkanes of at least 4 members (excludes halogenated alkanes) is 1. The number of rotatable bonds is 7. The van der Waals surface area contributed by atoms with Crippen LogP contribution < -0.4 is 10.6 Å². The molecule has 0 atom stereocenters.